The summed E-state index contributed by atoms with van der Waals surface area (Å²) in [4.78, 5) is 24.8. The lowest BCUT2D eigenvalue weighted by Crippen LogP contribution is -2.42. The molecule has 0 aliphatic rings. The second-order valence-electron chi connectivity index (χ2n) is 4.11. The van der Waals surface area contributed by atoms with E-state index < -0.39 is 11.8 Å². The van der Waals surface area contributed by atoms with Crippen molar-refractivity contribution in [2.75, 3.05) is 27.2 Å². The van der Waals surface area contributed by atoms with Crippen molar-refractivity contribution >= 4 is 23.2 Å². The van der Waals surface area contributed by atoms with Crippen LogP contribution in [0.25, 0.3) is 0 Å². The zero-order valence-electron chi connectivity index (χ0n) is 10.9. The van der Waals surface area contributed by atoms with E-state index in [1.54, 1.807) is 18.3 Å². The Hall–Kier alpha value is -1.40. The molecular weight excluding hydrogens is 250 g/mol. The number of amides is 2. The summed E-state index contributed by atoms with van der Waals surface area (Å²) in [6, 6.07) is 2.10. The van der Waals surface area contributed by atoms with Crippen LogP contribution in [0.4, 0.5) is 0 Å². The molecule has 1 aromatic rings. The minimum absolute atomic E-state index is 0.0784. The van der Waals surface area contributed by atoms with Crippen LogP contribution < -0.4 is 10.6 Å². The second kappa shape index (κ2) is 7.13. The van der Waals surface area contributed by atoms with E-state index in [4.69, 9.17) is 0 Å². The van der Waals surface area contributed by atoms with Gasteiger partial charge in [0.15, 0.2) is 0 Å². The first kappa shape index (κ1) is 14.7. The van der Waals surface area contributed by atoms with Crippen LogP contribution >= 0.6 is 11.3 Å². The molecule has 18 heavy (non-hydrogen) atoms. The largest absolute Gasteiger partial charge is 0.348 e. The maximum Gasteiger partial charge on any atom is 0.309 e. The van der Waals surface area contributed by atoms with E-state index in [0.29, 0.717) is 13.1 Å². The van der Waals surface area contributed by atoms with Gasteiger partial charge >= 0.3 is 11.8 Å². The van der Waals surface area contributed by atoms with Gasteiger partial charge in [0.2, 0.25) is 0 Å². The van der Waals surface area contributed by atoms with Crippen molar-refractivity contribution in [1.29, 1.82) is 0 Å². The number of carbonyl (C=O) groups is 2. The molecule has 0 saturated carbocycles. The van der Waals surface area contributed by atoms with Crippen molar-refractivity contribution in [2.24, 2.45) is 0 Å². The Labute approximate surface area is 111 Å². The smallest absolute Gasteiger partial charge is 0.309 e. The fourth-order valence-corrected chi connectivity index (χ4v) is 2.28. The van der Waals surface area contributed by atoms with Gasteiger partial charge in [-0.15, -0.1) is 0 Å². The van der Waals surface area contributed by atoms with Gasteiger partial charge in [0.25, 0.3) is 0 Å². The zero-order valence-corrected chi connectivity index (χ0v) is 11.7. The maximum atomic E-state index is 11.5. The molecule has 1 rings (SSSR count). The van der Waals surface area contributed by atoms with Gasteiger partial charge < -0.3 is 15.5 Å². The van der Waals surface area contributed by atoms with Crippen LogP contribution in [-0.4, -0.2) is 43.9 Å². The van der Waals surface area contributed by atoms with Crippen molar-refractivity contribution in [1.82, 2.24) is 15.5 Å². The number of hydrogen-bond acceptors (Lipinski definition) is 4. The van der Waals surface area contributed by atoms with Gasteiger partial charge in [-0.3, -0.25) is 9.59 Å². The van der Waals surface area contributed by atoms with E-state index in [2.05, 4.69) is 10.6 Å². The third-order valence-electron chi connectivity index (χ3n) is 2.55. The first-order chi connectivity index (χ1) is 8.56. The predicted molar refractivity (Wildman–Crippen MR) is 72.4 cm³/mol. The molecule has 0 radical (unpaired) electrons. The standard InChI is InChI=1S/C12H19N3O2S/c1-4-13-11(16)12(17)14-7-10(15(2)3)9-5-6-18-8-9/h5-6,8,10H,4,7H2,1-3H3,(H,13,16)(H,14,17). The zero-order chi connectivity index (χ0) is 13.5. The molecule has 2 N–H and O–H groups in total. The van der Waals surface area contributed by atoms with E-state index in [-0.39, 0.29) is 6.04 Å². The molecule has 0 aliphatic carbocycles. The highest BCUT2D eigenvalue weighted by molar-refractivity contribution is 7.07. The summed E-state index contributed by atoms with van der Waals surface area (Å²) in [5, 5.41) is 9.16. The molecule has 1 heterocycles. The number of nitrogens with one attached hydrogen (secondary N) is 2. The summed E-state index contributed by atoms with van der Waals surface area (Å²) in [6.07, 6.45) is 0. The van der Waals surface area contributed by atoms with Crippen LogP contribution in [-0.2, 0) is 9.59 Å². The summed E-state index contributed by atoms with van der Waals surface area (Å²) in [5.41, 5.74) is 1.14. The SMILES string of the molecule is CCNC(=O)C(=O)NCC(c1ccsc1)N(C)C. The average Bonchev–Trinajstić information content (AvgIpc) is 2.82. The lowest BCUT2D eigenvalue weighted by atomic mass is 10.1. The van der Waals surface area contributed by atoms with Crippen molar-refractivity contribution in [3.8, 4) is 0 Å². The predicted octanol–water partition coefficient (Wildman–Crippen LogP) is 0.603. The Morgan fingerprint density at radius 3 is 2.50 bits per heavy atom. The van der Waals surface area contributed by atoms with Crippen LogP contribution in [0, 0.1) is 0 Å². The molecule has 0 aliphatic heterocycles. The lowest BCUT2D eigenvalue weighted by Gasteiger charge is -2.23. The summed E-state index contributed by atoms with van der Waals surface area (Å²) in [6.45, 7) is 2.65. The van der Waals surface area contributed by atoms with E-state index in [9.17, 15) is 9.59 Å². The first-order valence-corrected chi connectivity index (χ1v) is 6.75. The van der Waals surface area contributed by atoms with Crippen molar-refractivity contribution < 1.29 is 9.59 Å². The number of carbonyl (C=O) groups excluding carboxylic acids is 2. The molecule has 0 fully saturated rings. The van der Waals surface area contributed by atoms with E-state index in [1.807, 2.05) is 35.8 Å². The molecular formula is C12H19N3O2S. The summed E-state index contributed by atoms with van der Waals surface area (Å²) in [5.74, 6) is -1.17. The van der Waals surface area contributed by atoms with Crippen LogP contribution in [0.15, 0.2) is 16.8 Å². The maximum absolute atomic E-state index is 11.5. The van der Waals surface area contributed by atoms with Crippen LogP contribution in [0.3, 0.4) is 0 Å². The van der Waals surface area contributed by atoms with Crippen molar-refractivity contribution in [3.63, 3.8) is 0 Å². The van der Waals surface area contributed by atoms with E-state index in [1.165, 1.54) is 0 Å². The minimum Gasteiger partial charge on any atom is -0.348 e. The van der Waals surface area contributed by atoms with Crippen molar-refractivity contribution in [3.05, 3.63) is 22.4 Å². The van der Waals surface area contributed by atoms with Crippen LogP contribution in [0.5, 0.6) is 0 Å². The van der Waals surface area contributed by atoms with Crippen molar-refractivity contribution in [2.45, 2.75) is 13.0 Å². The normalized spacial score (nSPS) is 12.2. The molecule has 0 saturated heterocycles. The van der Waals surface area contributed by atoms with Gasteiger partial charge in [-0.25, -0.2) is 0 Å². The quantitative estimate of drug-likeness (QED) is 0.770. The molecule has 0 aromatic carbocycles. The highest BCUT2D eigenvalue weighted by atomic mass is 32.1. The second-order valence-corrected chi connectivity index (χ2v) is 4.89. The average molecular weight is 269 g/mol. The fraction of sp³-hybridized carbons (Fsp3) is 0.500. The van der Waals surface area contributed by atoms with E-state index >= 15 is 0 Å². The molecule has 1 aromatic heterocycles. The Morgan fingerprint density at radius 2 is 2.00 bits per heavy atom. The molecule has 1 unspecified atom stereocenters. The molecule has 100 valence electrons. The van der Waals surface area contributed by atoms with E-state index in [0.717, 1.165) is 5.56 Å². The van der Waals surface area contributed by atoms with Gasteiger partial charge in [0.05, 0.1) is 6.04 Å². The lowest BCUT2D eigenvalue weighted by molar-refractivity contribution is -0.139. The third kappa shape index (κ3) is 4.12. The Bertz CT molecular complexity index is 390. The van der Waals surface area contributed by atoms with Crippen LogP contribution in [0.1, 0.15) is 18.5 Å². The van der Waals surface area contributed by atoms with Gasteiger partial charge in [0.1, 0.15) is 0 Å². The molecule has 6 heteroatoms. The Balaban J connectivity index is 2.54. The minimum atomic E-state index is -0.584. The molecule has 0 bridgehead atoms. The fourth-order valence-electron chi connectivity index (χ4n) is 1.57. The molecule has 1 atom stereocenters. The van der Waals surface area contributed by atoms with Crippen LogP contribution in [0.2, 0.25) is 0 Å². The van der Waals surface area contributed by atoms with Gasteiger partial charge in [-0.2, -0.15) is 11.3 Å². The number of likely N-dealkylation sites (N-methyl/N-ethyl adjacent to an activating group) is 2. The van der Waals surface area contributed by atoms with Gasteiger partial charge in [0, 0.05) is 13.1 Å². The molecule has 2 amide bonds. The highest BCUT2D eigenvalue weighted by Gasteiger charge is 2.18. The molecule has 0 spiro atoms. The summed E-state index contributed by atoms with van der Waals surface area (Å²) < 4.78 is 0. The number of thiophene rings is 1. The Kier molecular flexibility index (Phi) is 5.80. The highest BCUT2D eigenvalue weighted by Crippen LogP contribution is 2.19. The molecule has 5 nitrogen and oxygen atoms in total. The number of rotatable bonds is 5. The topological polar surface area (TPSA) is 61.4 Å². The van der Waals surface area contributed by atoms with Gasteiger partial charge in [-0.1, -0.05) is 0 Å². The number of hydrogen-bond donors (Lipinski definition) is 2. The first-order valence-electron chi connectivity index (χ1n) is 5.80. The third-order valence-corrected chi connectivity index (χ3v) is 3.25. The monoisotopic (exact) mass is 269 g/mol. The summed E-state index contributed by atoms with van der Waals surface area (Å²) in [7, 11) is 3.89. The summed E-state index contributed by atoms with van der Waals surface area (Å²) >= 11 is 1.62. The number of nitrogens with zero attached hydrogens (tertiary/aromatic N) is 1. The Morgan fingerprint density at radius 1 is 1.33 bits per heavy atom. The van der Waals surface area contributed by atoms with Gasteiger partial charge in [-0.05, 0) is 43.4 Å².